The van der Waals surface area contributed by atoms with Crippen molar-refractivity contribution in [2.75, 3.05) is 19.0 Å². The number of pyridine rings is 1. The molecule has 0 aromatic carbocycles. The van der Waals surface area contributed by atoms with E-state index in [9.17, 15) is 0 Å². The summed E-state index contributed by atoms with van der Waals surface area (Å²) in [5.74, 6) is 1.02. The molecule has 0 radical (unpaired) electrons. The van der Waals surface area contributed by atoms with Crippen LogP contribution in [0.15, 0.2) is 18.2 Å². The van der Waals surface area contributed by atoms with E-state index in [1.54, 1.807) is 0 Å². The Morgan fingerprint density at radius 1 is 1.25 bits per heavy atom. The van der Waals surface area contributed by atoms with Crippen molar-refractivity contribution in [3.05, 3.63) is 23.9 Å². The minimum Gasteiger partial charge on any atom is -0.363 e. The first kappa shape index (κ1) is 13.0. The number of anilines is 1. The van der Waals surface area contributed by atoms with E-state index in [2.05, 4.69) is 36.3 Å². The van der Waals surface area contributed by atoms with Crippen LogP contribution in [0.25, 0.3) is 0 Å². The van der Waals surface area contributed by atoms with Gasteiger partial charge in [0.05, 0.1) is 5.69 Å². The fraction of sp³-hybridized carbons (Fsp3) is 0.615. The van der Waals surface area contributed by atoms with Crippen molar-refractivity contribution in [2.24, 2.45) is 0 Å². The standard InChI is InChI=1S/C13H23N3/c1-5-11(6-2)14-10-12-8-7-9-13(15-12)16(3)4/h7-9,11,14H,5-6,10H2,1-4H3. The highest BCUT2D eigenvalue weighted by molar-refractivity contribution is 5.36. The van der Waals surface area contributed by atoms with Crippen LogP contribution in [-0.2, 0) is 6.54 Å². The first-order valence-electron chi connectivity index (χ1n) is 6.04. The third-order valence-electron chi connectivity index (χ3n) is 2.81. The van der Waals surface area contributed by atoms with Crippen LogP contribution >= 0.6 is 0 Å². The molecule has 0 spiro atoms. The Hall–Kier alpha value is -1.09. The molecule has 0 amide bonds. The van der Waals surface area contributed by atoms with Crippen molar-refractivity contribution in [3.8, 4) is 0 Å². The predicted molar refractivity (Wildman–Crippen MR) is 69.8 cm³/mol. The lowest BCUT2D eigenvalue weighted by atomic mass is 10.1. The van der Waals surface area contributed by atoms with Gasteiger partial charge in [-0.1, -0.05) is 19.9 Å². The largest absolute Gasteiger partial charge is 0.363 e. The first-order valence-corrected chi connectivity index (χ1v) is 6.04. The summed E-state index contributed by atoms with van der Waals surface area (Å²) in [6.07, 6.45) is 2.34. The molecule has 0 atom stereocenters. The lowest BCUT2D eigenvalue weighted by Gasteiger charge is -2.16. The molecule has 1 heterocycles. The Morgan fingerprint density at radius 3 is 2.50 bits per heavy atom. The molecule has 0 aliphatic heterocycles. The van der Waals surface area contributed by atoms with E-state index in [0.717, 1.165) is 18.1 Å². The van der Waals surface area contributed by atoms with Gasteiger partial charge in [-0.3, -0.25) is 0 Å². The zero-order valence-corrected chi connectivity index (χ0v) is 10.8. The normalized spacial score (nSPS) is 10.8. The summed E-state index contributed by atoms with van der Waals surface area (Å²) in [4.78, 5) is 6.60. The molecule has 0 saturated carbocycles. The molecule has 1 rings (SSSR count). The monoisotopic (exact) mass is 221 g/mol. The van der Waals surface area contributed by atoms with Crippen LogP contribution < -0.4 is 10.2 Å². The second-order valence-corrected chi connectivity index (χ2v) is 4.28. The van der Waals surface area contributed by atoms with Gasteiger partial charge >= 0.3 is 0 Å². The highest BCUT2D eigenvalue weighted by Gasteiger charge is 2.04. The molecule has 0 aliphatic rings. The van der Waals surface area contributed by atoms with E-state index in [1.807, 2.05) is 25.1 Å². The first-order chi connectivity index (χ1) is 7.67. The zero-order chi connectivity index (χ0) is 12.0. The number of aromatic nitrogens is 1. The molecular formula is C13H23N3. The van der Waals surface area contributed by atoms with Gasteiger partial charge in [0.25, 0.3) is 0 Å². The second-order valence-electron chi connectivity index (χ2n) is 4.28. The fourth-order valence-corrected chi connectivity index (χ4v) is 1.64. The molecule has 0 saturated heterocycles. The van der Waals surface area contributed by atoms with Crippen molar-refractivity contribution in [3.63, 3.8) is 0 Å². The van der Waals surface area contributed by atoms with E-state index in [-0.39, 0.29) is 0 Å². The summed E-state index contributed by atoms with van der Waals surface area (Å²) in [7, 11) is 4.03. The number of hydrogen-bond acceptors (Lipinski definition) is 3. The summed E-state index contributed by atoms with van der Waals surface area (Å²) >= 11 is 0. The quantitative estimate of drug-likeness (QED) is 0.799. The smallest absolute Gasteiger partial charge is 0.128 e. The maximum atomic E-state index is 4.58. The molecule has 0 bridgehead atoms. The van der Waals surface area contributed by atoms with E-state index < -0.39 is 0 Å². The summed E-state index contributed by atoms with van der Waals surface area (Å²) in [5.41, 5.74) is 1.11. The maximum Gasteiger partial charge on any atom is 0.128 e. The molecular weight excluding hydrogens is 198 g/mol. The van der Waals surface area contributed by atoms with Crippen molar-refractivity contribution in [1.82, 2.24) is 10.3 Å². The molecule has 16 heavy (non-hydrogen) atoms. The average Bonchev–Trinajstić information content (AvgIpc) is 2.31. The molecule has 3 heteroatoms. The van der Waals surface area contributed by atoms with Crippen molar-refractivity contribution in [2.45, 2.75) is 39.3 Å². The minimum atomic E-state index is 0.602. The van der Waals surface area contributed by atoms with Crippen LogP contribution in [0.3, 0.4) is 0 Å². The van der Waals surface area contributed by atoms with Crippen LogP contribution in [0, 0.1) is 0 Å². The summed E-state index contributed by atoms with van der Waals surface area (Å²) in [6.45, 7) is 5.28. The van der Waals surface area contributed by atoms with E-state index in [4.69, 9.17) is 0 Å². The second kappa shape index (κ2) is 6.48. The Kier molecular flexibility index (Phi) is 5.26. The zero-order valence-electron chi connectivity index (χ0n) is 10.8. The third kappa shape index (κ3) is 3.81. The average molecular weight is 221 g/mol. The molecule has 0 aliphatic carbocycles. The van der Waals surface area contributed by atoms with E-state index in [1.165, 1.54) is 12.8 Å². The number of hydrogen-bond donors (Lipinski definition) is 1. The Bertz CT molecular complexity index is 306. The van der Waals surface area contributed by atoms with E-state index in [0.29, 0.717) is 6.04 Å². The topological polar surface area (TPSA) is 28.2 Å². The summed E-state index contributed by atoms with van der Waals surface area (Å²) in [6, 6.07) is 6.76. The number of nitrogens with one attached hydrogen (secondary N) is 1. The van der Waals surface area contributed by atoms with Gasteiger partial charge in [0.2, 0.25) is 0 Å². The van der Waals surface area contributed by atoms with Crippen LogP contribution in [0.4, 0.5) is 5.82 Å². The maximum absolute atomic E-state index is 4.58. The number of rotatable bonds is 6. The van der Waals surface area contributed by atoms with Crippen molar-refractivity contribution >= 4 is 5.82 Å². The lowest BCUT2D eigenvalue weighted by Crippen LogP contribution is -2.27. The Morgan fingerprint density at radius 2 is 1.94 bits per heavy atom. The SMILES string of the molecule is CCC(CC)NCc1cccc(N(C)C)n1. The Labute approximate surface area is 98.9 Å². The molecule has 90 valence electrons. The Balaban J connectivity index is 2.56. The fourth-order valence-electron chi connectivity index (χ4n) is 1.64. The molecule has 1 aromatic rings. The van der Waals surface area contributed by atoms with Gasteiger partial charge < -0.3 is 10.2 Å². The molecule has 1 aromatic heterocycles. The van der Waals surface area contributed by atoms with Gasteiger partial charge in [0.1, 0.15) is 5.82 Å². The van der Waals surface area contributed by atoms with Gasteiger partial charge in [-0.05, 0) is 25.0 Å². The van der Waals surface area contributed by atoms with Gasteiger partial charge in [-0.15, -0.1) is 0 Å². The van der Waals surface area contributed by atoms with Crippen LogP contribution in [0.5, 0.6) is 0 Å². The molecule has 1 N–H and O–H groups in total. The summed E-state index contributed by atoms with van der Waals surface area (Å²) in [5, 5.41) is 3.52. The van der Waals surface area contributed by atoms with Gasteiger partial charge in [0.15, 0.2) is 0 Å². The lowest BCUT2D eigenvalue weighted by molar-refractivity contribution is 0.480. The third-order valence-corrected chi connectivity index (χ3v) is 2.81. The number of nitrogens with zero attached hydrogens (tertiary/aromatic N) is 2. The predicted octanol–water partition coefficient (Wildman–Crippen LogP) is 2.43. The van der Waals surface area contributed by atoms with Gasteiger partial charge in [-0.25, -0.2) is 4.98 Å². The molecule has 0 unspecified atom stereocenters. The highest BCUT2D eigenvalue weighted by atomic mass is 15.1. The van der Waals surface area contributed by atoms with Crippen LogP contribution in [-0.4, -0.2) is 25.1 Å². The van der Waals surface area contributed by atoms with Crippen molar-refractivity contribution in [1.29, 1.82) is 0 Å². The highest BCUT2D eigenvalue weighted by Crippen LogP contribution is 2.08. The van der Waals surface area contributed by atoms with E-state index >= 15 is 0 Å². The summed E-state index contributed by atoms with van der Waals surface area (Å²) < 4.78 is 0. The molecule has 3 nitrogen and oxygen atoms in total. The van der Waals surface area contributed by atoms with Crippen LogP contribution in [0.2, 0.25) is 0 Å². The van der Waals surface area contributed by atoms with Gasteiger partial charge in [0, 0.05) is 26.7 Å². The van der Waals surface area contributed by atoms with Crippen LogP contribution in [0.1, 0.15) is 32.4 Å². The van der Waals surface area contributed by atoms with Gasteiger partial charge in [-0.2, -0.15) is 0 Å². The van der Waals surface area contributed by atoms with Crippen molar-refractivity contribution < 1.29 is 0 Å². The molecule has 0 fully saturated rings. The minimum absolute atomic E-state index is 0.602.